The van der Waals surface area contributed by atoms with E-state index in [0.29, 0.717) is 19.8 Å². The van der Waals surface area contributed by atoms with Gasteiger partial charge in [0.1, 0.15) is 0 Å². The lowest BCUT2D eigenvalue weighted by Gasteiger charge is -2.31. The molecule has 0 saturated heterocycles. The van der Waals surface area contributed by atoms with Gasteiger partial charge in [-0.05, 0) is 19.3 Å². The van der Waals surface area contributed by atoms with Gasteiger partial charge in [0.2, 0.25) is 0 Å². The molecular weight excluding hydrogens is 194 g/mol. The topological polar surface area (TPSA) is 53.7 Å². The van der Waals surface area contributed by atoms with E-state index in [0.717, 1.165) is 19.3 Å². The molecule has 0 radical (unpaired) electrons. The second kappa shape index (κ2) is 9.09. The van der Waals surface area contributed by atoms with Crippen molar-refractivity contribution in [2.75, 3.05) is 26.4 Å². The van der Waals surface area contributed by atoms with E-state index in [1.807, 2.05) is 20.8 Å². The highest BCUT2D eigenvalue weighted by molar-refractivity contribution is 4.58. The number of ether oxygens (including phenoxy) is 3. The third-order valence-corrected chi connectivity index (χ3v) is 1.83. The van der Waals surface area contributed by atoms with Crippen molar-refractivity contribution in [2.24, 2.45) is 5.73 Å². The first kappa shape index (κ1) is 14.8. The molecule has 0 bridgehead atoms. The van der Waals surface area contributed by atoms with Gasteiger partial charge in [-0.3, -0.25) is 0 Å². The van der Waals surface area contributed by atoms with E-state index in [-0.39, 0.29) is 6.54 Å². The third kappa shape index (κ3) is 6.10. The van der Waals surface area contributed by atoms with E-state index in [1.165, 1.54) is 0 Å². The number of hydrogen-bond acceptors (Lipinski definition) is 4. The molecule has 0 aliphatic heterocycles. The first-order valence-corrected chi connectivity index (χ1v) is 5.86. The Hall–Kier alpha value is -0.160. The Morgan fingerprint density at radius 2 is 1.13 bits per heavy atom. The molecule has 4 nitrogen and oxygen atoms in total. The van der Waals surface area contributed by atoms with Crippen LogP contribution in [0.15, 0.2) is 0 Å². The van der Waals surface area contributed by atoms with E-state index in [4.69, 9.17) is 19.9 Å². The lowest BCUT2D eigenvalue weighted by atomic mass is 10.4. The molecule has 0 rings (SSSR count). The molecule has 0 aliphatic rings. The molecule has 2 N–H and O–H groups in total. The summed E-state index contributed by atoms with van der Waals surface area (Å²) in [6, 6.07) is 0. The second-order valence-electron chi connectivity index (χ2n) is 3.43. The highest BCUT2D eigenvalue weighted by atomic mass is 16.9. The zero-order chi connectivity index (χ0) is 11.6. The Labute approximate surface area is 93.1 Å². The predicted octanol–water partition coefficient (Wildman–Crippen LogP) is 1.88. The first-order chi connectivity index (χ1) is 7.24. The van der Waals surface area contributed by atoms with Crippen LogP contribution in [0.25, 0.3) is 0 Å². The summed E-state index contributed by atoms with van der Waals surface area (Å²) in [7, 11) is 0. The summed E-state index contributed by atoms with van der Waals surface area (Å²) in [4.78, 5) is 0. The van der Waals surface area contributed by atoms with Crippen molar-refractivity contribution < 1.29 is 14.2 Å². The SMILES string of the molecule is CCCOC(CN)(OCCC)OCCC. The van der Waals surface area contributed by atoms with Crippen LogP contribution >= 0.6 is 0 Å². The first-order valence-electron chi connectivity index (χ1n) is 5.86. The van der Waals surface area contributed by atoms with Gasteiger partial charge in [0, 0.05) is 0 Å². The predicted molar refractivity (Wildman–Crippen MR) is 60.5 cm³/mol. The van der Waals surface area contributed by atoms with Gasteiger partial charge >= 0.3 is 0 Å². The summed E-state index contributed by atoms with van der Waals surface area (Å²) in [6.45, 7) is 8.16. The molecular formula is C11H25NO3. The molecule has 92 valence electrons. The zero-order valence-electron chi connectivity index (χ0n) is 10.3. The molecule has 0 fully saturated rings. The van der Waals surface area contributed by atoms with Gasteiger partial charge in [-0.2, -0.15) is 0 Å². The molecule has 0 spiro atoms. The standard InChI is InChI=1S/C11H25NO3/c1-4-7-13-11(10-12,14-8-5-2)15-9-6-3/h4-10,12H2,1-3H3. The maximum atomic E-state index is 5.66. The molecule has 0 saturated carbocycles. The maximum Gasteiger partial charge on any atom is 0.296 e. The molecule has 0 amide bonds. The van der Waals surface area contributed by atoms with E-state index in [1.54, 1.807) is 0 Å². The summed E-state index contributed by atoms with van der Waals surface area (Å²) in [5.41, 5.74) is 5.66. The van der Waals surface area contributed by atoms with Crippen molar-refractivity contribution in [3.05, 3.63) is 0 Å². The molecule has 4 heteroatoms. The van der Waals surface area contributed by atoms with Gasteiger partial charge in [0.25, 0.3) is 5.97 Å². The molecule has 0 aromatic rings. The van der Waals surface area contributed by atoms with Crippen LogP contribution in [0.5, 0.6) is 0 Å². The largest absolute Gasteiger partial charge is 0.326 e. The van der Waals surface area contributed by atoms with Crippen molar-refractivity contribution in [3.8, 4) is 0 Å². The average Bonchev–Trinajstić information content (AvgIpc) is 2.29. The molecule has 0 aromatic heterocycles. The fraction of sp³-hybridized carbons (Fsp3) is 1.00. The van der Waals surface area contributed by atoms with E-state index < -0.39 is 5.97 Å². The molecule has 0 heterocycles. The highest BCUT2D eigenvalue weighted by Gasteiger charge is 2.31. The van der Waals surface area contributed by atoms with Crippen molar-refractivity contribution in [1.29, 1.82) is 0 Å². The van der Waals surface area contributed by atoms with E-state index in [9.17, 15) is 0 Å². The summed E-state index contributed by atoms with van der Waals surface area (Å²) < 4.78 is 16.7. The van der Waals surface area contributed by atoms with Gasteiger partial charge in [0.15, 0.2) is 0 Å². The fourth-order valence-corrected chi connectivity index (χ4v) is 1.07. The Bertz CT molecular complexity index is 120. The normalized spacial score (nSPS) is 12.0. The summed E-state index contributed by atoms with van der Waals surface area (Å²) in [5.74, 6) is -1.03. The Kier molecular flexibility index (Phi) is 9.00. The minimum absolute atomic E-state index is 0.229. The van der Waals surface area contributed by atoms with Crippen molar-refractivity contribution >= 4 is 0 Å². The maximum absolute atomic E-state index is 5.66. The number of nitrogens with two attached hydrogens (primary N) is 1. The van der Waals surface area contributed by atoms with Gasteiger partial charge in [-0.15, -0.1) is 0 Å². The average molecular weight is 219 g/mol. The molecule has 0 unspecified atom stereocenters. The Morgan fingerprint density at radius 1 is 0.800 bits per heavy atom. The van der Waals surface area contributed by atoms with Gasteiger partial charge in [0.05, 0.1) is 26.4 Å². The van der Waals surface area contributed by atoms with Crippen LogP contribution < -0.4 is 5.73 Å². The van der Waals surface area contributed by atoms with E-state index >= 15 is 0 Å². The van der Waals surface area contributed by atoms with E-state index in [2.05, 4.69) is 0 Å². The zero-order valence-corrected chi connectivity index (χ0v) is 10.3. The molecule has 0 aliphatic carbocycles. The minimum atomic E-state index is -1.03. The second-order valence-corrected chi connectivity index (χ2v) is 3.43. The van der Waals surface area contributed by atoms with Crippen molar-refractivity contribution in [1.82, 2.24) is 0 Å². The van der Waals surface area contributed by atoms with Crippen LogP contribution in [0, 0.1) is 0 Å². The van der Waals surface area contributed by atoms with Crippen molar-refractivity contribution in [2.45, 2.75) is 46.0 Å². The van der Waals surface area contributed by atoms with Crippen LogP contribution in [0.1, 0.15) is 40.0 Å². The lowest BCUT2D eigenvalue weighted by molar-refractivity contribution is -0.374. The van der Waals surface area contributed by atoms with Gasteiger partial charge in [-0.25, -0.2) is 0 Å². The van der Waals surface area contributed by atoms with Gasteiger partial charge < -0.3 is 19.9 Å². The molecule has 15 heavy (non-hydrogen) atoms. The number of hydrogen-bond donors (Lipinski definition) is 1. The summed E-state index contributed by atoms with van der Waals surface area (Å²) in [5, 5.41) is 0. The Balaban J connectivity index is 4.16. The number of rotatable bonds is 10. The van der Waals surface area contributed by atoms with Crippen LogP contribution in [-0.4, -0.2) is 32.3 Å². The third-order valence-electron chi connectivity index (χ3n) is 1.83. The minimum Gasteiger partial charge on any atom is -0.326 e. The fourth-order valence-electron chi connectivity index (χ4n) is 1.07. The monoisotopic (exact) mass is 219 g/mol. The summed E-state index contributed by atoms with van der Waals surface area (Å²) >= 11 is 0. The van der Waals surface area contributed by atoms with Gasteiger partial charge in [-0.1, -0.05) is 20.8 Å². The van der Waals surface area contributed by atoms with Crippen LogP contribution in [0.3, 0.4) is 0 Å². The van der Waals surface area contributed by atoms with Crippen LogP contribution in [0.4, 0.5) is 0 Å². The van der Waals surface area contributed by atoms with Crippen LogP contribution in [0.2, 0.25) is 0 Å². The van der Waals surface area contributed by atoms with Crippen LogP contribution in [-0.2, 0) is 14.2 Å². The quantitative estimate of drug-likeness (QED) is 0.570. The molecule has 0 atom stereocenters. The summed E-state index contributed by atoms with van der Waals surface area (Å²) in [6.07, 6.45) is 2.77. The lowest BCUT2D eigenvalue weighted by Crippen LogP contribution is -2.46. The Morgan fingerprint density at radius 3 is 1.33 bits per heavy atom. The highest BCUT2D eigenvalue weighted by Crippen LogP contribution is 2.15. The molecule has 0 aromatic carbocycles. The van der Waals surface area contributed by atoms with Crippen molar-refractivity contribution in [3.63, 3.8) is 0 Å². The smallest absolute Gasteiger partial charge is 0.296 e.